The highest BCUT2D eigenvalue weighted by molar-refractivity contribution is 5.09. The second kappa shape index (κ2) is 4.59. The Kier molecular flexibility index (Phi) is 3.07. The molecule has 1 aromatic rings. The summed E-state index contributed by atoms with van der Waals surface area (Å²) in [6.45, 7) is 13.5. The van der Waals surface area contributed by atoms with Gasteiger partial charge in [0.15, 0.2) is 0 Å². The highest BCUT2D eigenvalue weighted by atomic mass is 16.3. The van der Waals surface area contributed by atoms with E-state index in [1.54, 1.807) is 16.1 Å². The zero-order valence-corrected chi connectivity index (χ0v) is 14.2. The van der Waals surface area contributed by atoms with Crippen molar-refractivity contribution in [3.8, 4) is 0 Å². The second-order valence-corrected chi connectivity index (χ2v) is 8.65. The van der Waals surface area contributed by atoms with Gasteiger partial charge in [0.2, 0.25) is 5.76 Å². The van der Waals surface area contributed by atoms with Gasteiger partial charge in [-0.25, -0.2) is 0 Å². The molecule has 4 saturated heterocycles. The average molecular weight is 306 g/mol. The zero-order valence-electron chi connectivity index (χ0n) is 14.2. The van der Waals surface area contributed by atoms with E-state index in [-0.39, 0.29) is 16.9 Å². The van der Waals surface area contributed by atoms with Crippen LogP contribution in [0.5, 0.6) is 0 Å². The fourth-order valence-corrected chi connectivity index (χ4v) is 5.90. The van der Waals surface area contributed by atoms with Crippen LogP contribution in [0.25, 0.3) is 0 Å². The smallest absolute Gasteiger partial charge is 0.273 e. The van der Waals surface area contributed by atoms with Gasteiger partial charge >= 0.3 is 0 Å². The van der Waals surface area contributed by atoms with E-state index in [9.17, 15) is 5.11 Å². The lowest BCUT2D eigenvalue weighted by atomic mass is 9.52. The Balaban J connectivity index is 1.79. The molecule has 0 saturated carbocycles. The van der Waals surface area contributed by atoms with Crippen molar-refractivity contribution in [3.63, 3.8) is 0 Å². The van der Waals surface area contributed by atoms with E-state index in [2.05, 4.69) is 33.8 Å². The number of piperidine rings is 2. The van der Waals surface area contributed by atoms with Crippen molar-refractivity contribution < 1.29 is 19.3 Å². The van der Waals surface area contributed by atoms with Crippen LogP contribution in [-0.4, -0.2) is 37.4 Å². The Morgan fingerprint density at radius 2 is 1.55 bits per heavy atom. The van der Waals surface area contributed by atoms with Crippen LogP contribution in [0.15, 0.2) is 22.8 Å². The molecule has 4 nitrogen and oxygen atoms in total. The minimum atomic E-state index is -0.162. The Hall–Kier alpha value is -0.840. The molecule has 5 rings (SSSR count). The van der Waals surface area contributed by atoms with Crippen LogP contribution in [0.4, 0.5) is 0 Å². The Morgan fingerprint density at radius 3 is 1.91 bits per heavy atom. The second-order valence-electron chi connectivity index (χ2n) is 8.65. The topological polar surface area (TPSA) is 42.2 Å². The van der Waals surface area contributed by atoms with Gasteiger partial charge in [0.1, 0.15) is 0 Å². The van der Waals surface area contributed by atoms with E-state index in [0.29, 0.717) is 18.0 Å². The molecule has 4 aliphatic rings. The molecule has 22 heavy (non-hydrogen) atoms. The normalized spacial score (nSPS) is 46.9. The van der Waals surface area contributed by atoms with Crippen LogP contribution in [0.2, 0.25) is 0 Å². The van der Waals surface area contributed by atoms with Gasteiger partial charge in [-0.05, 0) is 24.0 Å². The van der Waals surface area contributed by atoms with Crippen molar-refractivity contribution in [1.82, 2.24) is 0 Å². The maximum Gasteiger partial charge on any atom is 0.273 e. The van der Waals surface area contributed by atoms with E-state index in [4.69, 9.17) is 4.42 Å². The average Bonchev–Trinajstić information content (AvgIpc) is 2.96. The van der Waals surface area contributed by atoms with Gasteiger partial charge in [0.05, 0.1) is 49.4 Å². The lowest BCUT2D eigenvalue weighted by Crippen LogP contribution is -3.41. The molecule has 4 fully saturated rings. The van der Waals surface area contributed by atoms with E-state index in [1.807, 2.05) is 6.07 Å². The first-order valence-corrected chi connectivity index (χ1v) is 8.81. The van der Waals surface area contributed by atoms with Crippen molar-refractivity contribution in [2.75, 3.05) is 26.2 Å². The van der Waals surface area contributed by atoms with Crippen molar-refractivity contribution in [1.29, 1.82) is 0 Å². The molecule has 0 atom stereocenters. The maximum absolute atomic E-state index is 11.3. The molecule has 0 amide bonds. The molecule has 0 aromatic carbocycles. The summed E-state index contributed by atoms with van der Waals surface area (Å²) in [5, 5.41) is 11.3. The summed E-state index contributed by atoms with van der Waals surface area (Å²) in [6, 6.07) is 4.14. The number of aliphatic hydroxyl groups is 1. The van der Waals surface area contributed by atoms with Gasteiger partial charge in [0.25, 0.3) is 6.17 Å². The quantitative estimate of drug-likeness (QED) is 0.720. The van der Waals surface area contributed by atoms with Crippen LogP contribution in [0.1, 0.15) is 39.6 Å². The van der Waals surface area contributed by atoms with Gasteiger partial charge in [-0.3, -0.25) is 9.80 Å². The summed E-state index contributed by atoms with van der Waals surface area (Å²) in [5.41, 5.74) is 0.128. The Labute approximate surface area is 133 Å². The van der Waals surface area contributed by atoms with Crippen LogP contribution in [-0.2, 0) is 0 Å². The number of aliphatic hydroxyl groups excluding tert-OH is 1. The molecule has 3 N–H and O–H groups in total. The van der Waals surface area contributed by atoms with Gasteiger partial charge in [-0.15, -0.1) is 0 Å². The third-order valence-corrected chi connectivity index (χ3v) is 7.26. The zero-order chi connectivity index (χ0) is 15.7. The monoisotopic (exact) mass is 306 g/mol. The van der Waals surface area contributed by atoms with Crippen LogP contribution < -0.4 is 9.80 Å². The number of quaternary nitrogens is 2. The minimum Gasteiger partial charge on any atom is -0.457 e. The summed E-state index contributed by atoms with van der Waals surface area (Å²) < 4.78 is 5.77. The molecule has 4 heteroatoms. The summed E-state index contributed by atoms with van der Waals surface area (Å²) in [5.74, 6) is 2.16. The van der Waals surface area contributed by atoms with Gasteiger partial charge in [-0.2, -0.15) is 0 Å². The molecule has 0 spiro atoms. The molecule has 0 radical (unpaired) electrons. The Morgan fingerprint density at radius 1 is 1.05 bits per heavy atom. The molecular formula is C18H30N2O2+2. The van der Waals surface area contributed by atoms with Crippen LogP contribution in [0, 0.1) is 22.7 Å². The molecule has 0 unspecified atom stereocenters. The number of rotatable bonds is 3. The molecular weight excluding hydrogens is 276 g/mol. The first-order chi connectivity index (χ1) is 10.4. The highest BCUT2D eigenvalue weighted by Crippen LogP contribution is 2.48. The number of hydrogen-bond acceptors (Lipinski definition) is 2. The van der Waals surface area contributed by atoms with E-state index >= 15 is 0 Å². The molecule has 4 aliphatic heterocycles. The van der Waals surface area contributed by atoms with Gasteiger partial charge in [-0.1, -0.05) is 27.7 Å². The number of hydrogen-bond donors (Lipinski definition) is 3. The first-order valence-electron chi connectivity index (χ1n) is 8.81. The summed E-state index contributed by atoms with van der Waals surface area (Å²) in [6.07, 6.45) is 2.05. The predicted molar refractivity (Wildman–Crippen MR) is 83.4 cm³/mol. The van der Waals surface area contributed by atoms with E-state index < -0.39 is 0 Å². The van der Waals surface area contributed by atoms with E-state index in [1.165, 1.54) is 0 Å². The van der Waals surface area contributed by atoms with Gasteiger partial charge in [0, 0.05) is 0 Å². The largest absolute Gasteiger partial charge is 0.457 e. The maximum atomic E-state index is 11.3. The molecule has 4 bridgehead atoms. The Bertz CT molecular complexity index is 507. The summed E-state index contributed by atoms with van der Waals surface area (Å²) >= 11 is 0. The lowest BCUT2D eigenvalue weighted by molar-refractivity contribution is -1.19. The fourth-order valence-electron chi connectivity index (χ4n) is 5.90. The highest BCUT2D eigenvalue weighted by Gasteiger charge is 2.73. The fraction of sp³-hybridized carbons (Fsp3) is 0.778. The van der Waals surface area contributed by atoms with Crippen molar-refractivity contribution >= 4 is 0 Å². The standard InChI is InChI=1S/C18H28N2O2/c1-12(2)17-8-19-10-18(13(3)4,16(17)21)11-20(9-17)15(19)14-6-5-7-22-14/h5-7,12-13,15-16,21H,8-11H2,1-4H3/p+2. The SMILES string of the molecule is CC(C)C12C[NH+]3CC(C(C)C)(C[NH+](C1)C3c1ccco1)C2O. The van der Waals surface area contributed by atoms with Crippen molar-refractivity contribution in [2.45, 2.75) is 40.0 Å². The van der Waals surface area contributed by atoms with Crippen LogP contribution in [0.3, 0.4) is 0 Å². The predicted octanol–water partition coefficient (Wildman–Crippen LogP) is -0.265. The third-order valence-electron chi connectivity index (χ3n) is 7.26. The minimum absolute atomic E-state index is 0.0640. The first kappa shape index (κ1) is 14.7. The number of furan rings is 1. The molecule has 0 aliphatic carbocycles. The summed E-state index contributed by atoms with van der Waals surface area (Å²) in [7, 11) is 0. The van der Waals surface area contributed by atoms with Crippen molar-refractivity contribution in [2.24, 2.45) is 22.7 Å². The third kappa shape index (κ3) is 1.64. The molecule has 1 aromatic heterocycles. The molecule has 5 heterocycles. The van der Waals surface area contributed by atoms with Crippen LogP contribution >= 0.6 is 0 Å². The number of nitrogens with one attached hydrogen (secondary N) is 2. The van der Waals surface area contributed by atoms with E-state index in [0.717, 1.165) is 31.9 Å². The molecule has 122 valence electrons. The van der Waals surface area contributed by atoms with Crippen molar-refractivity contribution in [3.05, 3.63) is 24.2 Å². The summed E-state index contributed by atoms with van der Waals surface area (Å²) in [4.78, 5) is 3.24. The lowest BCUT2D eigenvalue weighted by Gasteiger charge is -2.66. The van der Waals surface area contributed by atoms with Gasteiger partial charge < -0.3 is 9.52 Å².